The minimum absolute atomic E-state index is 0.346. The highest BCUT2D eigenvalue weighted by Gasteiger charge is 2.34. The van der Waals surface area contributed by atoms with E-state index >= 15 is 0 Å². The Kier molecular flexibility index (Phi) is 5.44. The van der Waals surface area contributed by atoms with Gasteiger partial charge in [0.25, 0.3) is 0 Å². The van der Waals surface area contributed by atoms with Gasteiger partial charge in [0.05, 0.1) is 0 Å². The van der Waals surface area contributed by atoms with Gasteiger partial charge in [-0.3, -0.25) is 0 Å². The fourth-order valence-corrected chi connectivity index (χ4v) is 2.96. The summed E-state index contributed by atoms with van der Waals surface area (Å²) in [6.45, 7) is 4.56. The molecule has 1 aromatic heterocycles. The Morgan fingerprint density at radius 2 is 1.88 bits per heavy atom. The smallest absolute Gasteiger partial charge is 0.381 e. The van der Waals surface area contributed by atoms with Crippen molar-refractivity contribution in [1.29, 1.82) is 0 Å². The molecule has 1 aromatic carbocycles. The van der Waals surface area contributed by atoms with Crippen LogP contribution in [0.5, 0.6) is 0 Å². The molecule has 2 aromatic rings. The lowest BCUT2D eigenvalue weighted by Crippen LogP contribution is -2.34. The predicted octanol–water partition coefficient (Wildman–Crippen LogP) is 3.86. The van der Waals surface area contributed by atoms with Crippen LogP contribution < -0.4 is 5.32 Å². The molecule has 0 aliphatic carbocycles. The van der Waals surface area contributed by atoms with Crippen molar-refractivity contribution in [3.63, 3.8) is 0 Å². The first-order valence-electron chi connectivity index (χ1n) is 8.52. The molecule has 1 N–H and O–H groups in total. The van der Waals surface area contributed by atoms with Crippen molar-refractivity contribution in [2.24, 2.45) is 0 Å². The molecule has 0 radical (unpaired) electrons. The van der Waals surface area contributed by atoms with Crippen LogP contribution >= 0.6 is 0 Å². The molecule has 0 unspecified atom stereocenters. The summed E-state index contributed by atoms with van der Waals surface area (Å²) in [7, 11) is 0. The monoisotopic (exact) mass is 353 g/mol. The zero-order valence-electron chi connectivity index (χ0n) is 14.1. The van der Waals surface area contributed by atoms with Gasteiger partial charge in [0.1, 0.15) is 5.82 Å². The van der Waals surface area contributed by atoms with Crippen LogP contribution in [0.3, 0.4) is 0 Å². The number of hydrogen-bond donors (Lipinski definition) is 1. The summed E-state index contributed by atoms with van der Waals surface area (Å²) >= 11 is 0. The van der Waals surface area contributed by atoms with Crippen LogP contribution in [0.1, 0.15) is 31.0 Å². The summed E-state index contributed by atoms with van der Waals surface area (Å²) in [6, 6.07) is 7.99. The summed E-state index contributed by atoms with van der Waals surface area (Å²) in [4.78, 5) is 3.78. The van der Waals surface area contributed by atoms with E-state index in [-0.39, 0.29) is 0 Å². The van der Waals surface area contributed by atoms with Crippen molar-refractivity contribution in [1.82, 2.24) is 14.9 Å². The highest BCUT2D eigenvalue weighted by Crippen LogP contribution is 2.31. The average molecular weight is 353 g/mol. The average Bonchev–Trinajstić information content (AvgIpc) is 3.06. The van der Waals surface area contributed by atoms with E-state index in [4.69, 9.17) is 4.74 Å². The molecule has 2 heterocycles. The van der Waals surface area contributed by atoms with Gasteiger partial charge in [-0.2, -0.15) is 13.2 Å². The maximum absolute atomic E-state index is 12.9. The minimum Gasteiger partial charge on any atom is -0.381 e. The molecule has 0 amide bonds. The standard InChI is InChI=1S/C18H22F3N3O/c1-2-24-12-16(18(19,20)21)23-17(24)14-5-3-13(4-6-14)11-22-15-7-9-25-10-8-15/h3-6,12,15,22H,2,7-11H2,1H3. The first kappa shape index (κ1) is 17.9. The van der Waals surface area contributed by atoms with Crippen LogP contribution in [0.15, 0.2) is 30.5 Å². The van der Waals surface area contributed by atoms with Crippen molar-refractivity contribution >= 4 is 0 Å². The number of rotatable bonds is 5. The number of nitrogens with zero attached hydrogens (tertiary/aromatic N) is 2. The lowest BCUT2D eigenvalue weighted by molar-refractivity contribution is -0.140. The van der Waals surface area contributed by atoms with Crippen LogP contribution in [0.4, 0.5) is 13.2 Å². The van der Waals surface area contributed by atoms with Gasteiger partial charge in [-0.1, -0.05) is 24.3 Å². The minimum atomic E-state index is -4.43. The van der Waals surface area contributed by atoms with Gasteiger partial charge in [0.15, 0.2) is 5.69 Å². The molecule has 1 saturated heterocycles. The Labute approximate surface area is 145 Å². The van der Waals surface area contributed by atoms with Crippen LogP contribution in [0, 0.1) is 0 Å². The Bertz CT molecular complexity index is 689. The molecule has 1 fully saturated rings. The lowest BCUT2D eigenvalue weighted by atomic mass is 10.1. The topological polar surface area (TPSA) is 39.1 Å². The maximum atomic E-state index is 12.9. The molecule has 1 aliphatic rings. The second-order valence-electron chi connectivity index (χ2n) is 6.20. The molecule has 7 heteroatoms. The van der Waals surface area contributed by atoms with Gasteiger partial charge in [0.2, 0.25) is 0 Å². The van der Waals surface area contributed by atoms with Gasteiger partial charge in [0, 0.05) is 44.1 Å². The quantitative estimate of drug-likeness (QED) is 0.887. The number of halogens is 3. The summed E-state index contributed by atoms with van der Waals surface area (Å²) in [5, 5.41) is 3.49. The Hall–Kier alpha value is -1.86. The third-order valence-electron chi connectivity index (χ3n) is 4.44. The van der Waals surface area contributed by atoms with E-state index in [1.807, 2.05) is 24.3 Å². The van der Waals surface area contributed by atoms with Crippen LogP contribution in [-0.4, -0.2) is 28.8 Å². The first-order valence-corrected chi connectivity index (χ1v) is 8.52. The number of imidazole rings is 1. The molecule has 4 nitrogen and oxygen atoms in total. The van der Waals surface area contributed by atoms with E-state index in [1.165, 1.54) is 4.57 Å². The zero-order chi connectivity index (χ0) is 17.9. The van der Waals surface area contributed by atoms with Gasteiger partial charge in [-0.25, -0.2) is 4.98 Å². The normalized spacial score (nSPS) is 16.3. The van der Waals surface area contributed by atoms with E-state index in [1.54, 1.807) is 6.92 Å². The third-order valence-corrected chi connectivity index (χ3v) is 4.44. The summed E-state index contributed by atoms with van der Waals surface area (Å²) in [6.07, 6.45) is -1.35. The molecule has 3 rings (SSSR count). The van der Waals surface area contributed by atoms with Crippen molar-refractivity contribution in [2.75, 3.05) is 13.2 Å². The van der Waals surface area contributed by atoms with Crippen molar-refractivity contribution in [2.45, 2.75) is 45.1 Å². The first-order chi connectivity index (χ1) is 12.0. The number of benzene rings is 1. The molecule has 0 saturated carbocycles. The van der Waals surface area contributed by atoms with Gasteiger partial charge in [-0.05, 0) is 25.3 Å². The summed E-state index contributed by atoms with van der Waals surface area (Å²) in [5.41, 5.74) is 0.933. The van der Waals surface area contributed by atoms with E-state index in [0.29, 0.717) is 24.0 Å². The fourth-order valence-electron chi connectivity index (χ4n) is 2.96. The van der Waals surface area contributed by atoms with E-state index in [9.17, 15) is 13.2 Å². The number of aryl methyl sites for hydroxylation is 1. The van der Waals surface area contributed by atoms with Crippen LogP contribution in [0.2, 0.25) is 0 Å². The molecule has 0 spiro atoms. The van der Waals surface area contributed by atoms with Gasteiger partial charge >= 0.3 is 6.18 Å². The molecule has 0 atom stereocenters. The highest BCUT2D eigenvalue weighted by atomic mass is 19.4. The molecular weight excluding hydrogens is 331 g/mol. The van der Waals surface area contributed by atoms with Crippen LogP contribution in [0.25, 0.3) is 11.4 Å². The van der Waals surface area contributed by atoms with E-state index < -0.39 is 11.9 Å². The summed E-state index contributed by atoms with van der Waals surface area (Å²) in [5.74, 6) is 0.346. The fraction of sp³-hybridized carbons (Fsp3) is 0.500. The summed E-state index contributed by atoms with van der Waals surface area (Å²) < 4.78 is 45.5. The number of alkyl halides is 3. The second kappa shape index (κ2) is 7.58. The van der Waals surface area contributed by atoms with Crippen molar-refractivity contribution in [3.8, 4) is 11.4 Å². The Morgan fingerprint density at radius 1 is 1.20 bits per heavy atom. The Morgan fingerprint density at radius 3 is 2.48 bits per heavy atom. The predicted molar refractivity (Wildman–Crippen MR) is 89.0 cm³/mol. The highest BCUT2D eigenvalue weighted by molar-refractivity contribution is 5.56. The number of nitrogens with one attached hydrogen (secondary N) is 1. The zero-order valence-corrected chi connectivity index (χ0v) is 14.1. The number of hydrogen-bond acceptors (Lipinski definition) is 3. The second-order valence-corrected chi connectivity index (χ2v) is 6.20. The third kappa shape index (κ3) is 4.41. The Balaban J connectivity index is 1.70. The maximum Gasteiger partial charge on any atom is 0.434 e. The molecule has 1 aliphatic heterocycles. The largest absolute Gasteiger partial charge is 0.434 e. The van der Waals surface area contributed by atoms with Crippen molar-refractivity contribution < 1.29 is 17.9 Å². The number of aromatic nitrogens is 2. The van der Waals surface area contributed by atoms with Crippen LogP contribution in [-0.2, 0) is 24.0 Å². The molecule has 25 heavy (non-hydrogen) atoms. The molecular formula is C18H22F3N3O. The number of ether oxygens (including phenoxy) is 1. The van der Waals surface area contributed by atoms with Gasteiger partial charge < -0.3 is 14.6 Å². The van der Waals surface area contributed by atoms with Gasteiger partial charge in [-0.15, -0.1) is 0 Å². The molecule has 136 valence electrons. The van der Waals surface area contributed by atoms with Crippen molar-refractivity contribution in [3.05, 3.63) is 41.7 Å². The van der Waals surface area contributed by atoms with E-state index in [0.717, 1.165) is 44.4 Å². The molecule has 0 bridgehead atoms. The SMILES string of the molecule is CCn1cc(C(F)(F)F)nc1-c1ccc(CNC2CCOCC2)cc1. The lowest BCUT2D eigenvalue weighted by Gasteiger charge is -2.23. The van der Waals surface area contributed by atoms with E-state index in [2.05, 4.69) is 10.3 Å².